The van der Waals surface area contributed by atoms with Crippen LogP contribution in [0.5, 0.6) is 0 Å². The average molecular weight is 197 g/mol. The Bertz CT molecular complexity index is 333. The molecule has 0 bridgehead atoms. The van der Waals surface area contributed by atoms with E-state index in [1.807, 2.05) is 20.2 Å². The fourth-order valence-electron chi connectivity index (χ4n) is 1.38. The highest BCUT2D eigenvalue weighted by Crippen LogP contribution is 2.09. The second-order valence-corrected chi connectivity index (χ2v) is 3.28. The molecule has 1 heterocycles. The number of aliphatic carboxylic acids is 1. The molecular formula is C9H15N3O2. The smallest absolute Gasteiger partial charge is 0.320 e. The van der Waals surface area contributed by atoms with Crippen LogP contribution in [0.4, 0.5) is 0 Å². The summed E-state index contributed by atoms with van der Waals surface area (Å²) in [4.78, 5) is 10.6. The summed E-state index contributed by atoms with van der Waals surface area (Å²) in [5.41, 5.74) is 7.29. The molecule has 5 nitrogen and oxygen atoms in total. The molecular weight excluding hydrogens is 182 g/mol. The van der Waals surface area contributed by atoms with Gasteiger partial charge in [0.2, 0.25) is 0 Å². The lowest BCUT2D eigenvalue weighted by molar-refractivity contribution is -0.138. The molecule has 0 aliphatic heterocycles. The number of carboxylic acids is 1. The summed E-state index contributed by atoms with van der Waals surface area (Å²) in [6.07, 6.45) is 2.95. The van der Waals surface area contributed by atoms with E-state index < -0.39 is 12.0 Å². The third-order valence-electron chi connectivity index (χ3n) is 2.08. The first-order chi connectivity index (χ1) is 6.54. The molecule has 0 aliphatic rings. The Morgan fingerprint density at radius 1 is 1.79 bits per heavy atom. The van der Waals surface area contributed by atoms with Crippen LogP contribution in [0.1, 0.15) is 18.2 Å². The maximum Gasteiger partial charge on any atom is 0.320 e. The van der Waals surface area contributed by atoms with Gasteiger partial charge >= 0.3 is 5.97 Å². The highest BCUT2D eigenvalue weighted by molar-refractivity contribution is 5.73. The highest BCUT2D eigenvalue weighted by atomic mass is 16.4. The van der Waals surface area contributed by atoms with Gasteiger partial charge in [0.05, 0.1) is 5.69 Å². The molecule has 14 heavy (non-hydrogen) atoms. The van der Waals surface area contributed by atoms with E-state index >= 15 is 0 Å². The van der Waals surface area contributed by atoms with Gasteiger partial charge in [0, 0.05) is 19.7 Å². The predicted octanol–water partition coefficient (Wildman–Crippen LogP) is -0.0631. The summed E-state index contributed by atoms with van der Waals surface area (Å²) in [7, 11) is 1.81. The third-order valence-corrected chi connectivity index (χ3v) is 2.08. The molecule has 78 valence electrons. The van der Waals surface area contributed by atoms with Gasteiger partial charge in [-0.2, -0.15) is 5.10 Å². The fraction of sp³-hybridized carbons (Fsp3) is 0.556. The summed E-state index contributed by atoms with van der Waals surface area (Å²) in [6, 6.07) is -0.843. The van der Waals surface area contributed by atoms with Gasteiger partial charge in [-0.05, 0) is 12.0 Å². The van der Waals surface area contributed by atoms with E-state index in [1.165, 1.54) is 0 Å². The number of nitrogens with two attached hydrogens (primary N) is 1. The standard InChI is InChI=1S/C9H15N3O2/c1-3-8-6(5-12(2)11-8)4-7(10)9(13)14/h5,7H,3-4,10H2,1-2H3,(H,13,14)/t7-/m0/s1. The zero-order valence-corrected chi connectivity index (χ0v) is 8.40. The largest absolute Gasteiger partial charge is 0.480 e. The van der Waals surface area contributed by atoms with Crippen molar-refractivity contribution < 1.29 is 9.90 Å². The zero-order valence-electron chi connectivity index (χ0n) is 8.40. The third kappa shape index (κ3) is 2.32. The van der Waals surface area contributed by atoms with Crippen molar-refractivity contribution in [3.05, 3.63) is 17.5 Å². The normalized spacial score (nSPS) is 12.8. The van der Waals surface area contributed by atoms with Gasteiger partial charge in [0.1, 0.15) is 6.04 Å². The molecule has 0 saturated carbocycles. The van der Waals surface area contributed by atoms with E-state index in [-0.39, 0.29) is 0 Å². The topological polar surface area (TPSA) is 81.1 Å². The van der Waals surface area contributed by atoms with Crippen molar-refractivity contribution in [2.24, 2.45) is 12.8 Å². The van der Waals surface area contributed by atoms with E-state index in [9.17, 15) is 4.79 Å². The molecule has 0 unspecified atom stereocenters. The van der Waals surface area contributed by atoms with Gasteiger partial charge in [-0.3, -0.25) is 9.48 Å². The van der Waals surface area contributed by atoms with Gasteiger partial charge in [-0.25, -0.2) is 0 Å². The van der Waals surface area contributed by atoms with Crippen LogP contribution in [0.3, 0.4) is 0 Å². The molecule has 1 rings (SSSR count). The highest BCUT2D eigenvalue weighted by Gasteiger charge is 2.15. The van der Waals surface area contributed by atoms with Crippen molar-refractivity contribution in [2.45, 2.75) is 25.8 Å². The van der Waals surface area contributed by atoms with Crippen LogP contribution in [-0.2, 0) is 24.7 Å². The number of aromatic nitrogens is 2. The number of carboxylic acid groups (broad SMARTS) is 1. The number of nitrogens with zero attached hydrogens (tertiary/aromatic N) is 2. The number of carbonyl (C=O) groups is 1. The van der Waals surface area contributed by atoms with Crippen molar-refractivity contribution in [1.82, 2.24) is 9.78 Å². The van der Waals surface area contributed by atoms with Crippen molar-refractivity contribution in [1.29, 1.82) is 0 Å². The van der Waals surface area contributed by atoms with Gasteiger partial charge in [0.25, 0.3) is 0 Å². The lowest BCUT2D eigenvalue weighted by atomic mass is 10.1. The van der Waals surface area contributed by atoms with Crippen LogP contribution in [0.25, 0.3) is 0 Å². The van der Waals surface area contributed by atoms with E-state index in [1.54, 1.807) is 4.68 Å². The second-order valence-electron chi connectivity index (χ2n) is 3.28. The van der Waals surface area contributed by atoms with Crippen LogP contribution in [0.2, 0.25) is 0 Å². The van der Waals surface area contributed by atoms with E-state index in [0.29, 0.717) is 6.42 Å². The van der Waals surface area contributed by atoms with E-state index in [2.05, 4.69) is 5.10 Å². The minimum Gasteiger partial charge on any atom is -0.480 e. The van der Waals surface area contributed by atoms with Gasteiger partial charge in [-0.1, -0.05) is 6.92 Å². The second kappa shape index (κ2) is 4.23. The maximum absolute atomic E-state index is 10.6. The van der Waals surface area contributed by atoms with Crippen molar-refractivity contribution >= 4 is 5.97 Å². The van der Waals surface area contributed by atoms with Crippen molar-refractivity contribution in [2.75, 3.05) is 0 Å². The molecule has 0 fully saturated rings. The SMILES string of the molecule is CCc1nn(C)cc1C[C@H](N)C(=O)O. The Morgan fingerprint density at radius 2 is 2.43 bits per heavy atom. The van der Waals surface area contributed by atoms with Gasteiger partial charge in [0.15, 0.2) is 0 Å². The molecule has 1 atom stereocenters. The molecule has 0 radical (unpaired) electrons. The van der Waals surface area contributed by atoms with Crippen LogP contribution < -0.4 is 5.73 Å². The molecule has 5 heteroatoms. The minimum absolute atomic E-state index is 0.340. The first kappa shape index (κ1) is 10.7. The van der Waals surface area contributed by atoms with Gasteiger partial charge < -0.3 is 10.8 Å². The first-order valence-electron chi connectivity index (χ1n) is 4.54. The summed E-state index contributed by atoms with van der Waals surface area (Å²) in [6.45, 7) is 1.98. The van der Waals surface area contributed by atoms with Crippen LogP contribution >= 0.6 is 0 Å². The summed E-state index contributed by atoms with van der Waals surface area (Å²) < 4.78 is 1.68. The van der Waals surface area contributed by atoms with Crippen LogP contribution in [0, 0.1) is 0 Å². The number of hydrogen-bond donors (Lipinski definition) is 2. The quantitative estimate of drug-likeness (QED) is 0.708. The summed E-state index contributed by atoms with van der Waals surface area (Å²) >= 11 is 0. The molecule has 0 aliphatic carbocycles. The molecule has 0 aromatic carbocycles. The molecule has 1 aromatic heterocycles. The number of rotatable bonds is 4. The Balaban J connectivity index is 2.79. The Kier molecular flexibility index (Phi) is 3.24. The predicted molar refractivity (Wildman–Crippen MR) is 51.9 cm³/mol. The van der Waals surface area contributed by atoms with Crippen molar-refractivity contribution in [3.8, 4) is 0 Å². The van der Waals surface area contributed by atoms with E-state index in [4.69, 9.17) is 10.8 Å². The van der Waals surface area contributed by atoms with Gasteiger partial charge in [-0.15, -0.1) is 0 Å². The lowest BCUT2D eigenvalue weighted by Crippen LogP contribution is -2.32. The molecule has 0 amide bonds. The molecule has 3 N–H and O–H groups in total. The zero-order chi connectivity index (χ0) is 10.7. The lowest BCUT2D eigenvalue weighted by Gasteiger charge is -2.04. The number of hydrogen-bond acceptors (Lipinski definition) is 3. The molecule has 0 saturated heterocycles. The van der Waals surface area contributed by atoms with Crippen LogP contribution in [0.15, 0.2) is 6.20 Å². The maximum atomic E-state index is 10.6. The average Bonchev–Trinajstić information content (AvgIpc) is 2.45. The fourth-order valence-corrected chi connectivity index (χ4v) is 1.38. The molecule has 1 aromatic rings. The van der Waals surface area contributed by atoms with Crippen LogP contribution in [-0.4, -0.2) is 26.9 Å². The summed E-state index contributed by atoms with van der Waals surface area (Å²) in [5, 5.41) is 12.9. The summed E-state index contributed by atoms with van der Waals surface area (Å²) in [5.74, 6) is -0.976. The Morgan fingerprint density at radius 3 is 2.93 bits per heavy atom. The Labute approximate surface area is 82.5 Å². The monoisotopic (exact) mass is 197 g/mol. The molecule has 0 spiro atoms. The van der Waals surface area contributed by atoms with Crippen molar-refractivity contribution in [3.63, 3.8) is 0 Å². The van der Waals surface area contributed by atoms with E-state index in [0.717, 1.165) is 17.7 Å². The Hall–Kier alpha value is -1.36. The minimum atomic E-state index is -0.976. The number of aryl methyl sites for hydroxylation is 2. The first-order valence-corrected chi connectivity index (χ1v) is 4.54.